The first kappa shape index (κ1) is 14.9. The van der Waals surface area contributed by atoms with E-state index < -0.39 is 17.5 Å². The van der Waals surface area contributed by atoms with E-state index >= 15 is 0 Å². The van der Waals surface area contributed by atoms with Crippen molar-refractivity contribution in [3.8, 4) is 0 Å². The van der Waals surface area contributed by atoms with E-state index in [2.05, 4.69) is 15.9 Å². The highest BCUT2D eigenvalue weighted by Gasteiger charge is 2.20. The van der Waals surface area contributed by atoms with Crippen LogP contribution in [-0.2, 0) is 6.54 Å². The summed E-state index contributed by atoms with van der Waals surface area (Å²) in [5.41, 5.74) is 4.59. The number of hydrogen-bond donors (Lipinski definition) is 1. The van der Waals surface area contributed by atoms with Gasteiger partial charge >= 0.3 is 0 Å². The number of carbonyl (C=O) groups excluding carboxylic acids is 1. The van der Waals surface area contributed by atoms with Crippen molar-refractivity contribution in [1.82, 2.24) is 4.90 Å². The number of hydrogen-bond acceptors (Lipinski definition) is 3. The summed E-state index contributed by atoms with van der Waals surface area (Å²) in [6, 6.07) is 3.57. The molecule has 1 amide bonds. The molecule has 2 N–H and O–H groups in total. The first-order valence-corrected chi connectivity index (χ1v) is 7.28. The minimum absolute atomic E-state index is 0.310. The molecule has 20 heavy (non-hydrogen) atoms. The maximum absolute atomic E-state index is 13.8. The van der Waals surface area contributed by atoms with Gasteiger partial charge in [-0.05, 0) is 34.1 Å². The molecule has 2 rings (SSSR count). The average Bonchev–Trinajstić information content (AvgIpc) is 2.78. The molecule has 1 heterocycles. The number of carbonyl (C=O) groups is 1. The third kappa shape index (κ3) is 3.16. The zero-order valence-corrected chi connectivity index (χ0v) is 12.9. The Morgan fingerprint density at radius 2 is 2.10 bits per heavy atom. The third-order valence-corrected chi connectivity index (χ3v) is 4.34. The summed E-state index contributed by atoms with van der Waals surface area (Å²) in [5.74, 6) is -2.24. The lowest BCUT2D eigenvalue weighted by atomic mass is 10.1. The minimum Gasteiger partial charge on any atom is -0.396 e. The average molecular weight is 361 g/mol. The molecule has 0 fully saturated rings. The van der Waals surface area contributed by atoms with E-state index in [0.717, 1.165) is 21.5 Å². The Bertz CT molecular complexity index is 660. The Kier molecular flexibility index (Phi) is 4.39. The quantitative estimate of drug-likeness (QED) is 0.849. The molecule has 1 aromatic carbocycles. The van der Waals surface area contributed by atoms with E-state index in [-0.39, 0.29) is 11.3 Å². The molecule has 3 nitrogen and oxygen atoms in total. The fourth-order valence-electron chi connectivity index (χ4n) is 1.71. The number of benzene rings is 1. The molecule has 0 aliphatic rings. The number of nitrogens with zero attached hydrogens (tertiary/aromatic N) is 1. The zero-order chi connectivity index (χ0) is 14.9. The van der Waals surface area contributed by atoms with Crippen LogP contribution < -0.4 is 5.73 Å². The van der Waals surface area contributed by atoms with Gasteiger partial charge in [0.1, 0.15) is 5.82 Å². The molecular weight excluding hydrogens is 350 g/mol. The minimum atomic E-state index is -0.893. The molecule has 0 saturated carbocycles. The lowest BCUT2D eigenvalue weighted by Crippen LogP contribution is -2.27. The first-order chi connectivity index (χ1) is 9.38. The number of thiophene rings is 1. The van der Waals surface area contributed by atoms with Gasteiger partial charge in [-0.25, -0.2) is 8.78 Å². The molecule has 0 atom stereocenters. The van der Waals surface area contributed by atoms with Crippen molar-refractivity contribution in [3.63, 3.8) is 0 Å². The predicted molar refractivity (Wildman–Crippen MR) is 78.6 cm³/mol. The van der Waals surface area contributed by atoms with Gasteiger partial charge in [-0.15, -0.1) is 11.3 Å². The number of rotatable bonds is 3. The number of nitrogens with two attached hydrogens (primary N) is 1. The van der Waals surface area contributed by atoms with Crippen molar-refractivity contribution in [3.05, 3.63) is 50.1 Å². The second kappa shape index (κ2) is 5.88. The second-order valence-corrected chi connectivity index (χ2v) is 6.16. The Hall–Kier alpha value is -1.47. The number of halogens is 3. The third-order valence-electron chi connectivity index (χ3n) is 2.66. The van der Waals surface area contributed by atoms with E-state index in [1.54, 1.807) is 0 Å². The van der Waals surface area contributed by atoms with Crippen LogP contribution in [0.4, 0.5) is 14.5 Å². The molecule has 1 aromatic heterocycles. The lowest BCUT2D eigenvalue weighted by molar-refractivity contribution is 0.0781. The van der Waals surface area contributed by atoms with Crippen molar-refractivity contribution in [2.75, 3.05) is 12.8 Å². The zero-order valence-electron chi connectivity index (χ0n) is 10.5. The Morgan fingerprint density at radius 1 is 1.40 bits per heavy atom. The largest absolute Gasteiger partial charge is 0.396 e. The van der Waals surface area contributed by atoms with Gasteiger partial charge in [-0.3, -0.25) is 4.79 Å². The summed E-state index contributed by atoms with van der Waals surface area (Å²) in [7, 11) is 1.52. The van der Waals surface area contributed by atoms with E-state index in [4.69, 9.17) is 5.73 Å². The SMILES string of the molecule is CN(Cc1cc(Br)cs1)C(=O)c1cc(F)cc(N)c1F. The summed E-state index contributed by atoms with van der Waals surface area (Å²) in [6.45, 7) is 0.310. The molecule has 0 aliphatic carbocycles. The molecule has 106 valence electrons. The van der Waals surface area contributed by atoms with Crippen LogP contribution in [0.5, 0.6) is 0 Å². The normalized spacial score (nSPS) is 10.6. The van der Waals surface area contributed by atoms with Gasteiger partial charge in [0.25, 0.3) is 5.91 Å². The predicted octanol–water partition coefficient (Wildman–Crippen LogP) is 3.64. The lowest BCUT2D eigenvalue weighted by Gasteiger charge is -2.17. The first-order valence-electron chi connectivity index (χ1n) is 5.61. The van der Waals surface area contributed by atoms with E-state index in [0.29, 0.717) is 6.54 Å². The molecule has 0 bridgehead atoms. The van der Waals surface area contributed by atoms with Crippen molar-refractivity contribution in [2.24, 2.45) is 0 Å². The van der Waals surface area contributed by atoms with Gasteiger partial charge < -0.3 is 10.6 Å². The van der Waals surface area contributed by atoms with Crippen LogP contribution in [0.2, 0.25) is 0 Å². The van der Waals surface area contributed by atoms with E-state index in [9.17, 15) is 13.6 Å². The summed E-state index contributed by atoms with van der Waals surface area (Å²) in [6.07, 6.45) is 0. The number of nitrogen functional groups attached to an aromatic ring is 1. The molecule has 0 saturated heterocycles. The molecule has 0 radical (unpaired) electrons. The maximum Gasteiger partial charge on any atom is 0.257 e. The van der Waals surface area contributed by atoms with Crippen LogP contribution in [0.25, 0.3) is 0 Å². The highest BCUT2D eigenvalue weighted by Crippen LogP contribution is 2.23. The highest BCUT2D eigenvalue weighted by atomic mass is 79.9. The van der Waals surface area contributed by atoms with Crippen molar-refractivity contribution >= 4 is 38.9 Å². The highest BCUT2D eigenvalue weighted by molar-refractivity contribution is 9.10. The van der Waals surface area contributed by atoms with Crippen molar-refractivity contribution in [1.29, 1.82) is 0 Å². The summed E-state index contributed by atoms with van der Waals surface area (Å²) < 4.78 is 27.9. The van der Waals surface area contributed by atoms with Gasteiger partial charge in [-0.1, -0.05) is 0 Å². The number of anilines is 1. The molecule has 0 spiro atoms. The van der Waals surface area contributed by atoms with Gasteiger partial charge in [0, 0.05) is 21.8 Å². The maximum atomic E-state index is 13.8. The van der Waals surface area contributed by atoms with Crippen molar-refractivity contribution < 1.29 is 13.6 Å². The summed E-state index contributed by atoms with van der Waals surface area (Å²) in [5, 5.41) is 1.88. The summed E-state index contributed by atoms with van der Waals surface area (Å²) in [4.78, 5) is 14.4. The van der Waals surface area contributed by atoms with Crippen LogP contribution in [-0.4, -0.2) is 17.9 Å². The van der Waals surface area contributed by atoms with Crippen LogP contribution in [0.3, 0.4) is 0 Å². The molecule has 0 aliphatic heterocycles. The monoisotopic (exact) mass is 360 g/mol. The molecule has 2 aromatic rings. The van der Waals surface area contributed by atoms with Gasteiger partial charge in [-0.2, -0.15) is 0 Å². The fraction of sp³-hybridized carbons (Fsp3) is 0.154. The molecular formula is C13H11BrF2N2OS. The summed E-state index contributed by atoms with van der Waals surface area (Å²) >= 11 is 4.78. The van der Waals surface area contributed by atoms with Crippen LogP contribution in [0, 0.1) is 11.6 Å². The van der Waals surface area contributed by atoms with Gasteiger partial charge in [0.2, 0.25) is 0 Å². The van der Waals surface area contributed by atoms with E-state index in [1.807, 2.05) is 11.4 Å². The topological polar surface area (TPSA) is 46.3 Å². The number of amides is 1. The van der Waals surface area contributed by atoms with Crippen LogP contribution in [0.15, 0.2) is 28.1 Å². The molecule has 7 heteroatoms. The van der Waals surface area contributed by atoms with Gasteiger partial charge in [0.15, 0.2) is 5.82 Å². The second-order valence-electron chi connectivity index (χ2n) is 4.25. The van der Waals surface area contributed by atoms with Crippen molar-refractivity contribution in [2.45, 2.75) is 6.54 Å². The Balaban J connectivity index is 2.22. The van der Waals surface area contributed by atoms with Crippen LogP contribution >= 0.6 is 27.3 Å². The Morgan fingerprint density at radius 3 is 2.70 bits per heavy atom. The van der Waals surface area contributed by atoms with E-state index in [1.165, 1.54) is 23.3 Å². The fourth-order valence-corrected chi connectivity index (χ4v) is 3.22. The smallest absolute Gasteiger partial charge is 0.257 e. The van der Waals surface area contributed by atoms with Gasteiger partial charge in [0.05, 0.1) is 17.8 Å². The molecule has 0 unspecified atom stereocenters. The van der Waals surface area contributed by atoms with Crippen LogP contribution in [0.1, 0.15) is 15.2 Å². The Labute approximate surface area is 127 Å². The standard InChI is InChI=1S/C13H11BrF2N2OS/c1-18(5-9-2-7(14)6-20-9)13(19)10-3-8(15)4-11(17)12(10)16/h2-4,6H,5,17H2,1H3.